The van der Waals surface area contributed by atoms with Gasteiger partial charge in [-0.05, 0) is 145 Å². The largest absolute Gasteiger partial charge is 0.311 e. The molecule has 8 aromatic rings. The summed E-state index contributed by atoms with van der Waals surface area (Å²) in [4.78, 5) is 4.70. The summed E-state index contributed by atoms with van der Waals surface area (Å²) in [5.41, 5.74) is 17.4. The van der Waals surface area contributed by atoms with Gasteiger partial charge in [-0.3, -0.25) is 5.01 Å². The standard InChI is InChI=1S/C65H69N7S/c1-62(2,3)46-22-34-52(35-23-46)71(53-36-24-47(25-37-53)63(4,5)6)50-30-18-44(19-31-50)56-58-59(68-73-67-58)57(61-60(56)66-69-70(61)42-43-16-14-13-15-17-43)45-20-32-51(33-21-45)72(54-38-26-48(27-39-54)64(7,8)9)55-40-28-49(29-41-55)65(10,11)12/h13-41,60-61H,42H2,1-12H3. The molecule has 2 aliphatic rings. The molecule has 0 N–H and O–H groups in total. The first-order valence-electron chi connectivity index (χ1n) is 25.7. The Morgan fingerprint density at radius 3 is 1.14 bits per heavy atom. The Morgan fingerprint density at radius 1 is 0.438 bits per heavy atom. The van der Waals surface area contributed by atoms with Gasteiger partial charge in [0.15, 0.2) is 0 Å². The maximum Gasteiger partial charge on any atom is 0.279 e. The van der Waals surface area contributed by atoms with Crippen LogP contribution in [0.1, 0.15) is 122 Å². The second kappa shape index (κ2) is 19.0. The lowest BCUT2D eigenvalue weighted by atomic mass is 9.82. The highest BCUT2D eigenvalue weighted by Crippen LogP contribution is 2.43. The highest BCUT2D eigenvalue weighted by atomic mass is 32.1. The highest BCUT2D eigenvalue weighted by Gasteiger charge is 2.42. The molecule has 0 saturated carbocycles. The van der Waals surface area contributed by atoms with E-state index in [1.807, 2.05) is 0 Å². The molecule has 0 bridgehead atoms. The average Bonchev–Trinajstić information content (AvgIpc) is 4.02. The van der Waals surface area contributed by atoms with Crippen molar-refractivity contribution in [1.29, 1.82) is 0 Å². The fourth-order valence-electron chi connectivity index (χ4n) is 10.2. The van der Waals surface area contributed by atoms with Crippen LogP contribution in [0.5, 0.6) is 0 Å². The van der Waals surface area contributed by atoms with Gasteiger partial charge in [0.25, 0.3) is 11.7 Å². The van der Waals surface area contributed by atoms with Crippen LogP contribution < -0.4 is 24.9 Å². The van der Waals surface area contributed by atoms with Gasteiger partial charge >= 0.3 is 0 Å². The first-order chi connectivity index (χ1) is 34.7. The fourth-order valence-corrected chi connectivity index (χ4v) is 10.8. The Balaban J connectivity index is 1.08. The number of anilines is 6. The first kappa shape index (κ1) is 49.4. The van der Waals surface area contributed by atoms with E-state index < -0.39 is 0 Å². The zero-order valence-electron chi connectivity index (χ0n) is 44.6. The van der Waals surface area contributed by atoms with E-state index in [-0.39, 0.29) is 33.7 Å². The summed E-state index contributed by atoms with van der Waals surface area (Å²) in [5.74, 6) is 0. The Morgan fingerprint density at radius 2 is 0.781 bits per heavy atom. The summed E-state index contributed by atoms with van der Waals surface area (Å²) in [6.07, 6.45) is 0. The van der Waals surface area contributed by atoms with E-state index >= 15 is 0 Å². The number of hydrogen-bond acceptors (Lipinski definition) is 6. The molecule has 10 rings (SSSR count). The predicted molar refractivity (Wildman–Crippen MR) is 306 cm³/mol. The quantitative estimate of drug-likeness (QED) is 0.128. The topological polar surface area (TPSA) is 61.4 Å². The lowest BCUT2D eigenvalue weighted by Gasteiger charge is -2.33. The summed E-state index contributed by atoms with van der Waals surface area (Å²) >= 11 is 1.26. The molecule has 1 aromatic heterocycles. The molecule has 0 fully saturated rings. The van der Waals surface area contributed by atoms with E-state index in [0.717, 1.165) is 67.1 Å². The van der Waals surface area contributed by atoms with Gasteiger partial charge in [0.1, 0.15) is 12.1 Å². The van der Waals surface area contributed by atoms with Crippen molar-refractivity contribution in [3.63, 3.8) is 0 Å². The molecule has 370 valence electrons. The minimum atomic E-state index is -0.314. The summed E-state index contributed by atoms with van der Waals surface area (Å²) < 4.78 is 10.2. The van der Waals surface area contributed by atoms with E-state index in [1.165, 1.54) is 39.5 Å². The van der Waals surface area contributed by atoms with E-state index in [0.29, 0.717) is 6.54 Å². The van der Waals surface area contributed by atoms with Crippen molar-refractivity contribution < 1.29 is 0 Å². The van der Waals surface area contributed by atoms with Crippen LogP contribution in [0.2, 0.25) is 0 Å². The van der Waals surface area contributed by atoms with E-state index in [2.05, 4.69) is 274 Å². The van der Waals surface area contributed by atoms with Gasteiger partial charge < -0.3 is 9.80 Å². The third kappa shape index (κ3) is 10.0. The van der Waals surface area contributed by atoms with Gasteiger partial charge in [-0.1, -0.05) is 191 Å². The lowest BCUT2D eigenvalue weighted by molar-refractivity contribution is 0.260. The van der Waals surface area contributed by atoms with Crippen molar-refractivity contribution in [3.05, 3.63) is 226 Å². The van der Waals surface area contributed by atoms with Crippen LogP contribution >= 0.6 is 11.7 Å². The maximum absolute atomic E-state index is 5.14. The van der Waals surface area contributed by atoms with Crippen LogP contribution in [-0.2, 0) is 28.2 Å². The predicted octanol–water partition coefficient (Wildman–Crippen LogP) is 15.5. The zero-order valence-corrected chi connectivity index (χ0v) is 45.5. The van der Waals surface area contributed by atoms with Crippen molar-refractivity contribution in [2.45, 2.75) is 123 Å². The molecule has 1 aliphatic carbocycles. The van der Waals surface area contributed by atoms with Crippen LogP contribution in [0.4, 0.5) is 34.1 Å². The smallest absolute Gasteiger partial charge is 0.279 e. The molecular weight excluding hydrogens is 911 g/mol. The molecule has 73 heavy (non-hydrogen) atoms. The second-order valence-corrected chi connectivity index (χ2v) is 24.4. The molecule has 0 amide bonds. The zero-order chi connectivity index (χ0) is 51.5. The minimum absolute atomic E-state index is 0.0474. The van der Waals surface area contributed by atoms with E-state index in [9.17, 15) is 0 Å². The molecule has 8 heteroatoms. The summed E-state index contributed by atoms with van der Waals surface area (Å²) in [7, 11) is 0. The number of fused-ring (bicyclic) bond motifs is 2. The van der Waals surface area contributed by atoms with Crippen LogP contribution in [0.3, 0.4) is 0 Å². The summed E-state index contributed by atoms with van der Waals surface area (Å²) in [5, 5.41) is 14.0. The molecule has 0 saturated heterocycles. The second-order valence-electron chi connectivity index (χ2n) is 23.9. The summed E-state index contributed by atoms with van der Waals surface area (Å²) in [6.45, 7) is 27.8. The lowest BCUT2D eigenvalue weighted by Crippen LogP contribution is -2.49. The van der Waals surface area contributed by atoms with Crippen molar-refractivity contribution in [3.8, 4) is 0 Å². The molecular formula is C65H69N7S. The number of nitrogens with zero attached hydrogens (tertiary/aromatic N) is 7. The van der Waals surface area contributed by atoms with Gasteiger partial charge in [-0.15, -0.1) is 0 Å². The molecule has 2 unspecified atom stereocenters. The Labute approximate surface area is 437 Å². The van der Waals surface area contributed by atoms with Gasteiger partial charge in [0.2, 0.25) is 0 Å². The highest BCUT2D eigenvalue weighted by molar-refractivity contribution is 6.98. The van der Waals surface area contributed by atoms with Gasteiger partial charge in [-0.25, -0.2) is 0 Å². The van der Waals surface area contributed by atoms with Gasteiger partial charge in [0.05, 0.1) is 6.54 Å². The monoisotopic (exact) mass is 980 g/mol. The number of benzene rings is 7. The minimum Gasteiger partial charge on any atom is -0.311 e. The van der Waals surface area contributed by atoms with Gasteiger partial charge in [-0.2, -0.15) is 13.9 Å². The van der Waals surface area contributed by atoms with E-state index in [4.69, 9.17) is 19.1 Å². The molecule has 7 aromatic carbocycles. The maximum atomic E-state index is 5.14. The van der Waals surface area contributed by atoms with Crippen LogP contribution in [0.25, 0.3) is 11.1 Å². The SMILES string of the molecule is CC(C)(C)c1ccc(N(c2ccc(C3=c4n[s+][n-]c4=C(c4ccc(N(c5ccc(C(C)(C)C)cc5)c5ccc(C(C)(C)C)cc5)cc4)C4N=NN(Cc5ccccc5)C34)cc2)c2ccc(C(C)(C)C)cc2)cc1. The third-order valence-corrected chi connectivity index (χ3v) is 15.1. The van der Waals surface area contributed by atoms with E-state index in [1.54, 1.807) is 0 Å². The number of aromatic nitrogens is 2. The van der Waals surface area contributed by atoms with Crippen molar-refractivity contribution in [2.75, 3.05) is 9.80 Å². The van der Waals surface area contributed by atoms with Crippen LogP contribution in [0, 0.1) is 0 Å². The Hall–Kier alpha value is -7.16. The van der Waals surface area contributed by atoms with Crippen molar-refractivity contribution in [1.82, 2.24) is 13.8 Å². The normalized spacial score (nSPS) is 15.9. The third-order valence-electron chi connectivity index (χ3n) is 14.5. The molecule has 0 radical (unpaired) electrons. The number of hydrogen-bond donors (Lipinski definition) is 0. The van der Waals surface area contributed by atoms with Crippen molar-refractivity contribution in [2.24, 2.45) is 10.3 Å². The molecule has 2 atom stereocenters. The molecule has 1 aliphatic heterocycles. The first-order valence-corrected chi connectivity index (χ1v) is 26.5. The van der Waals surface area contributed by atoms with Crippen LogP contribution in [-0.4, -0.2) is 21.5 Å². The molecule has 0 spiro atoms. The Kier molecular flexibility index (Phi) is 12.9. The van der Waals surface area contributed by atoms with Gasteiger partial charge in [0, 0.05) is 44.8 Å². The van der Waals surface area contributed by atoms with Crippen molar-refractivity contribution >= 4 is 57.0 Å². The molecule has 2 heterocycles. The summed E-state index contributed by atoms with van der Waals surface area (Å²) in [6, 6.07) is 64.0. The number of rotatable bonds is 10. The van der Waals surface area contributed by atoms with Crippen LogP contribution in [0.15, 0.2) is 186 Å². The average molecular weight is 980 g/mol. The molecule has 7 nitrogen and oxygen atoms in total. The Bertz CT molecular complexity index is 3250. The fraction of sp³-hybridized carbons (Fsp3) is 0.292.